The van der Waals surface area contributed by atoms with E-state index in [0.717, 1.165) is 34.9 Å². The molecule has 0 spiro atoms. The summed E-state index contributed by atoms with van der Waals surface area (Å²) in [6, 6.07) is 24.7. The maximum absolute atomic E-state index is 12.2. The fraction of sp³-hybridized carbons (Fsp3) is 0.286. The molecule has 34 heavy (non-hydrogen) atoms. The average Bonchev–Trinajstić information content (AvgIpc) is 3.23. The maximum atomic E-state index is 12.2. The van der Waals surface area contributed by atoms with E-state index >= 15 is 0 Å². The molecule has 5 nitrogen and oxygen atoms in total. The summed E-state index contributed by atoms with van der Waals surface area (Å²) in [7, 11) is 0. The highest BCUT2D eigenvalue weighted by molar-refractivity contribution is 7.98. The predicted molar refractivity (Wildman–Crippen MR) is 138 cm³/mol. The Bertz CT molecular complexity index is 1220. The van der Waals surface area contributed by atoms with E-state index in [1.807, 2.05) is 38.1 Å². The van der Waals surface area contributed by atoms with Crippen LogP contribution in [0, 0.1) is 0 Å². The lowest BCUT2D eigenvalue weighted by atomic mass is 10.0. The molecule has 176 valence electrons. The van der Waals surface area contributed by atoms with Crippen LogP contribution in [0.5, 0.6) is 0 Å². The summed E-state index contributed by atoms with van der Waals surface area (Å²) in [5.41, 5.74) is 6.03. The number of nitrogens with zero attached hydrogens (tertiary/aromatic N) is 2. The van der Waals surface area contributed by atoms with Gasteiger partial charge in [-0.3, -0.25) is 0 Å². The molecule has 0 unspecified atom stereocenters. The fourth-order valence-corrected chi connectivity index (χ4v) is 4.81. The van der Waals surface area contributed by atoms with Crippen LogP contribution in [-0.4, -0.2) is 35.3 Å². The summed E-state index contributed by atoms with van der Waals surface area (Å²) in [4.78, 5) is 17.1. The van der Waals surface area contributed by atoms with Gasteiger partial charge < -0.3 is 14.0 Å². The van der Waals surface area contributed by atoms with Crippen molar-refractivity contribution in [2.45, 2.75) is 37.7 Å². The lowest BCUT2D eigenvalue weighted by Gasteiger charge is -2.10. The summed E-state index contributed by atoms with van der Waals surface area (Å²) in [5.74, 6) is 0.497. The Morgan fingerprint density at radius 1 is 0.941 bits per heavy atom. The van der Waals surface area contributed by atoms with Gasteiger partial charge in [0.15, 0.2) is 5.16 Å². The van der Waals surface area contributed by atoms with E-state index in [0.29, 0.717) is 25.4 Å². The number of aromatic nitrogens is 2. The predicted octanol–water partition coefficient (Wildman–Crippen LogP) is 6.60. The minimum atomic E-state index is -0.317. The first-order valence-electron chi connectivity index (χ1n) is 11.7. The number of rotatable bonds is 11. The third-order valence-electron chi connectivity index (χ3n) is 5.53. The normalized spacial score (nSPS) is 11.1. The van der Waals surface area contributed by atoms with Gasteiger partial charge in [-0.25, -0.2) is 9.78 Å². The van der Waals surface area contributed by atoms with Gasteiger partial charge in [0.2, 0.25) is 0 Å². The third kappa shape index (κ3) is 5.88. The molecule has 0 atom stereocenters. The van der Waals surface area contributed by atoms with Crippen molar-refractivity contribution in [2.75, 3.05) is 19.8 Å². The maximum Gasteiger partial charge on any atom is 0.338 e. The Morgan fingerprint density at radius 3 is 2.44 bits per heavy atom. The number of hydrogen-bond acceptors (Lipinski definition) is 5. The Labute approximate surface area is 205 Å². The monoisotopic (exact) mass is 474 g/mol. The Balaban J connectivity index is 1.53. The van der Waals surface area contributed by atoms with Crippen LogP contribution in [0.2, 0.25) is 0 Å². The Morgan fingerprint density at radius 2 is 1.71 bits per heavy atom. The smallest absolute Gasteiger partial charge is 0.338 e. The van der Waals surface area contributed by atoms with E-state index in [9.17, 15) is 4.79 Å². The molecule has 3 aromatic carbocycles. The molecule has 1 heterocycles. The van der Waals surface area contributed by atoms with Crippen LogP contribution in [0.4, 0.5) is 0 Å². The molecule has 0 fully saturated rings. The first-order valence-corrected chi connectivity index (χ1v) is 12.7. The molecule has 4 aromatic rings. The zero-order chi connectivity index (χ0) is 23.8. The van der Waals surface area contributed by atoms with E-state index in [-0.39, 0.29) is 5.97 Å². The molecule has 0 aliphatic heterocycles. The van der Waals surface area contributed by atoms with Crippen molar-refractivity contribution in [3.05, 3.63) is 83.9 Å². The van der Waals surface area contributed by atoms with Gasteiger partial charge in [0.05, 0.1) is 23.2 Å². The number of carbonyl (C=O) groups excluding carboxylic acids is 1. The first kappa shape index (κ1) is 24.0. The number of hydrogen-bond donors (Lipinski definition) is 0. The van der Waals surface area contributed by atoms with Gasteiger partial charge in [-0.2, -0.15) is 0 Å². The van der Waals surface area contributed by atoms with Crippen LogP contribution < -0.4 is 0 Å². The van der Waals surface area contributed by atoms with E-state index in [2.05, 4.69) is 53.1 Å². The number of aryl methyl sites for hydroxylation is 1. The molecule has 0 aliphatic carbocycles. The van der Waals surface area contributed by atoms with Gasteiger partial charge in [-0.1, -0.05) is 66.4 Å². The average molecular weight is 475 g/mol. The van der Waals surface area contributed by atoms with E-state index in [1.165, 1.54) is 16.7 Å². The van der Waals surface area contributed by atoms with Gasteiger partial charge in [0.1, 0.15) is 0 Å². The Kier molecular flexibility index (Phi) is 8.39. The first-order chi connectivity index (χ1) is 16.7. The minimum Gasteiger partial charge on any atom is -0.462 e. The highest BCUT2D eigenvalue weighted by atomic mass is 32.2. The van der Waals surface area contributed by atoms with Crippen molar-refractivity contribution in [3.8, 4) is 11.1 Å². The van der Waals surface area contributed by atoms with Crippen molar-refractivity contribution < 1.29 is 14.3 Å². The van der Waals surface area contributed by atoms with Gasteiger partial charge >= 0.3 is 5.97 Å². The van der Waals surface area contributed by atoms with Crippen LogP contribution in [0.1, 0.15) is 36.2 Å². The molecule has 0 saturated heterocycles. The molecule has 0 bridgehead atoms. The quantitative estimate of drug-likeness (QED) is 0.139. The number of ether oxygens (including phenoxy) is 2. The van der Waals surface area contributed by atoms with Gasteiger partial charge in [-0.15, -0.1) is 0 Å². The highest BCUT2D eigenvalue weighted by Gasteiger charge is 2.15. The van der Waals surface area contributed by atoms with Crippen molar-refractivity contribution in [1.29, 1.82) is 0 Å². The number of fused-ring (bicyclic) bond motifs is 1. The number of carbonyl (C=O) groups is 1. The van der Waals surface area contributed by atoms with Crippen LogP contribution in [0.3, 0.4) is 0 Å². The van der Waals surface area contributed by atoms with Crippen molar-refractivity contribution in [2.24, 2.45) is 0 Å². The second-order valence-corrected chi connectivity index (χ2v) is 8.81. The number of esters is 1. The summed E-state index contributed by atoms with van der Waals surface area (Å²) in [6.07, 6.45) is 0.901. The van der Waals surface area contributed by atoms with Gasteiger partial charge in [-0.05, 0) is 55.2 Å². The largest absolute Gasteiger partial charge is 0.462 e. The van der Waals surface area contributed by atoms with Gasteiger partial charge in [0, 0.05) is 25.5 Å². The molecule has 4 rings (SSSR count). The molecule has 0 N–H and O–H groups in total. The van der Waals surface area contributed by atoms with Crippen LogP contribution in [-0.2, 0) is 21.8 Å². The topological polar surface area (TPSA) is 53.4 Å². The van der Waals surface area contributed by atoms with Crippen LogP contribution in [0.15, 0.2) is 78.0 Å². The third-order valence-corrected chi connectivity index (χ3v) is 6.58. The summed E-state index contributed by atoms with van der Waals surface area (Å²) in [5, 5.41) is 0.944. The van der Waals surface area contributed by atoms with E-state index in [4.69, 9.17) is 14.5 Å². The zero-order valence-electron chi connectivity index (χ0n) is 19.7. The van der Waals surface area contributed by atoms with Crippen molar-refractivity contribution in [3.63, 3.8) is 0 Å². The molecular formula is C28H30N2O3S. The highest BCUT2D eigenvalue weighted by Crippen LogP contribution is 2.29. The molecule has 0 amide bonds. The molecule has 0 aliphatic rings. The number of benzene rings is 3. The lowest BCUT2D eigenvalue weighted by Crippen LogP contribution is -2.05. The van der Waals surface area contributed by atoms with Gasteiger partial charge in [0.25, 0.3) is 0 Å². The molecule has 0 radical (unpaired) electrons. The second-order valence-electron chi connectivity index (χ2n) is 7.87. The van der Waals surface area contributed by atoms with Crippen LogP contribution >= 0.6 is 11.8 Å². The van der Waals surface area contributed by atoms with Crippen LogP contribution in [0.25, 0.3) is 22.2 Å². The van der Waals surface area contributed by atoms with E-state index in [1.54, 1.807) is 11.8 Å². The molecule has 0 saturated carbocycles. The second kappa shape index (κ2) is 11.9. The summed E-state index contributed by atoms with van der Waals surface area (Å²) < 4.78 is 12.9. The number of imidazole rings is 1. The number of thioether (sulfide) groups is 1. The zero-order valence-corrected chi connectivity index (χ0v) is 20.5. The minimum absolute atomic E-state index is 0.317. The van der Waals surface area contributed by atoms with Crippen molar-refractivity contribution in [1.82, 2.24) is 9.55 Å². The molecular weight excluding hydrogens is 444 g/mol. The fourth-order valence-electron chi connectivity index (χ4n) is 3.82. The van der Waals surface area contributed by atoms with Crippen molar-refractivity contribution >= 4 is 28.8 Å². The lowest BCUT2D eigenvalue weighted by molar-refractivity contribution is 0.0526. The Hall–Kier alpha value is -3.09. The molecule has 1 aromatic heterocycles. The van der Waals surface area contributed by atoms with E-state index < -0.39 is 0 Å². The SMILES string of the molecule is CCOCCCn1c(SCc2ccc(-c3ccccc3)cc2)nc2cc(C(=O)OCC)ccc21. The molecule has 6 heteroatoms. The standard InChI is InChI=1S/C28H30N2O3S/c1-3-32-18-8-17-30-26-16-15-24(27(31)33-4-2)19-25(26)29-28(30)34-20-21-11-13-23(14-12-21)22-9-6-5-7-10-22/h5-7,9-16,19H,3-4,8,17-18,20H2,1-2H3. The summed E-state index contributed by atoms with van der Waals surface area (Å²) >= 11 is 1.71. The summed E-state index contributed by atoms with van der Waals surface area (Å²) in [6.45, 7) is 6.41.